The molecule has 0 aliphatic carbocycles. The second kappa shape index (κ2) is 6.90. The highest BCUT2D eigenvalue weighted by atomic mass is 32.2. The molecule has 102 valence electrons. The van der Waals surface area contributed by atoms with E-state index >= 15 is 0 Å². The van der Waals surface area contributed by atoms with Gasteiger partial charge in [0.2, 0.25) is 0 Å². The van der Waals surface area contributed by atoms with Crippen LogP contribution in [0.25, 0.3) is 0 Å². The van der Waals surface area contributed by atoms with Crippen LogP contribution in [0.3, 0.4) is 0 Å². The summed E-state index contributed by atoms with van der Waals surface area (Å²) in [6, 6.07) is 8.62. The van der Waals surface area contributed by atoms with Gasteiger partial charge >= 0.3 is 0 Å². The fourth-order valence-corrected chi connectivity index (χ4v) is 2.69. The van der Waals surface area contributed by atoms with Crippen molar-refractivity contribution in [2.45, 2.75) is 33.2 Å². The van der Waals surface area contributed by atoms with Crippen LogP contribution in [0.4, 0.5) is 0 Å². The van der Waals surface area contributed by atoms with Crippen LogP contribution in [-0.2, 0) is 9.84 Å². The number of aryl methyl sites for hydroxylation is 1. The van der Waals surface area contributed by atoms with E-state index in [1.165, 1.54) is 11.1 Å². The molecule has 0 bridgehead atoms. The van der Waals surface area contributed by atoms with Crippen molar-refractivity contribution >= 4 is 9.84 Å². The van der Waals surface area contributed by atoms with Gasteiger partial charge in [-0.3, -0.25) is 0 Å². The van der Waals surface area contributed by atoms with Crippen molar-refractivity contribution in [1.82, 2.24) is 5.32 Å². The lowest BCUT2D eigenvalue weighted by Crippen LogP contribution is -2.22. The minimum absolute atomic E-state index is 0.237. The Labute approximate surface area is 111 Å². The first kappa shape index (κ1) is 15.2. The maximum absolute atomic E-state index is 11.3. The standard InChI is InChI=1S/C14H23NO2S/c1-4-18(16,17)10-6-9-15-13(3)14-8-5-7-12(2)11-14/h5,7-8,11,13,15H,4,6,9-10H2,1-3H3/t13-/m1/s1. The summed E-state index contributed by atoms with van der Waals surface area (Å²) in [6.45, 7) is 6.60. The van der Waals surface area contributed by atoms with Crippen LogP contribution in [0, 0.1) is 6.92 Å². The minimum atomic E-state index is -2.83. The molecular formula is C14H23NO2S. The summed E-state index contributed by atoms with van der Waals surface area (Å²) in [4.78, 5) is 0. The van der Waals surface area contributed by atoms with Gasteiger partial charge in [0, 0.05) is 11.8 Å². The summed E-state index contributed by atoms with van der Waals surface area (Å²) in [5, 5.41) is 3.36. The summed E-state index contributed by atoms with van der Waals surface area (Å²) in [5.41, 5.74) is 2.49. The molecule has 0 unspecified atom stereocenters. The van der Waals surface area contributed by atoms with Gasteiger partial charge in [-0.05, 0) is 32.4 Å². The van der Waals surface area contributed by atoms with Crippen LogP contribution in [0.5, 0.6) is 0 Å². The summed E-state index contributed by atoms with van der Waals surface area (Å²) in [6.07, 6.45) is 0.673. The molecule has 1 aromatic rings. The van der Waals surface area contributed by atoms with Crippen molar-refractivity contribution in [2.75, 3.05) is 18.1 Å². The highest BCUT2D eigenvalue weighted by Gasteiger charge is 2.08. The van der Waals surface area contributed by atoms with Gasteiger partial charge < -0.3 is 5.32 Å². The number of benzene rings is 1. The molecule has 1 aromatic carbocycles. The fourth-order valence-electron chi connectivity index (χ4n) is 1.81. The minimum Gasteiger partial charge on any atom is -0.310 e. The van der Waals surface area contributed by atoms with Gasteiger partial charge in [-0.2, -0.15) is 0 Å². The predicted octanol–water partition coefficient (Wildman–Crippen LogP) is 2.47. The Morgan fingerprint density at radius 2 is 2.06 bits per heavy atom. The Morgan fingerprint density at radius 3 is 2.67 bits per heavy atom. The average molecular weight is 269 g/mol. The molecule has 1 N–H and O–H groups in total. The van der Waals surface area contributed by atoms with Crippen molar-refractivity contribution in [2.24, 2.45) is 0 Å². The molecular weight excluding hydrogens is 246 g/mol. The zero-order valence-electron chi connectivity index (χ0n) is 11.4. The number of hydrogen-bond acceptors (Lipinski definition) is 3. The zero-order chi connectivity index (χ0) is 13.6. The van der Waals surface area contributed by atoms with Gasteiger partial charge in [0.1, 0.15) is 9.84 Å². The van der Waals surface area contributed by atoms with Gasteiger partial charge in [-0.1, -0.05) is 36.8 Å². The lowest BCUT2D eigenvalue weighted by Gasteiger charge is -2.14. The summed E-state index contributed by atoms with van der Waals surface area (Å²) in [5.74, 6) is 0.511. The molecule has 18 heavy (non-hydrogen) atoms. The maximum atomic E-state index is 11.3. The molecule has 0 saturated carbocycles. The van der Waals surface area contributed by atoms with E-state index in [2.05, 4.69) is 37.4 Å². The quantitative estimate of drug-likeness (QED) is 0.774. The van der Waals surface area contributed by atoms with Gasteiger partial charge in [-0.25, -0.2) is 8.42 Å². The molecule has 0 heterocycles. The third-order valence-electron chi connectivity index (χ3n) is 3.06. The first-order valence-electron chi connectivity index (χ1n) is 6.45. The van der Waals surface area contributed by atoms with E-state index in [9.17, 15) is 8.42 Å². The average Bonchev–Trinajstić information content (AvgIpc) is 2.34. The van der Waals surface area contributed by atoms with Crippen molar-refractivity contribution in [3.05, 3.63) is 35.4 Å². The van der Waals surface area contributed by atoms with E-state index in [0.29, 0.717) is 6.42 Å². The van der Waals surface area contributed by atoms with E-state index in [4.69, 9.17) is 0 Å². The molecule has 0 radical (unpaired) electrons. The van der Waals surface area contributed by atoms with Gasteiger partial charge in [0.25, 0.3) is 0 Å². The Morgan fingerprint density at radius 1 is 1.33 bits per heavy atom. The number of rotatable bonds is 7. The largest absolute Gasteiger partial charge is 0.310 e. The molecule has 0 aliphatic rings. The van der Waals surface area contributed by atoms with Gasteiger partial charge in [0.05, 0.1) is 5.75 Å². The van der Waals surface area contributed by atoms with Crippen molar-refractivity contribution < 1.29 is 8.42 Å². The Kier molecular flexibility index (Phi) is 5.82. The monoisotopic (exact) mass is 269 g/mol. The lowest BCUT2D eigenvalue weighted by atomic mass is 10.1. The molecule has 0 fully saturated rings. The predicted molar refractivity (Wildman–Crippen MR) is 76.5 cm³/mol. The van der Waals surface area contributed by atoms with Crippen molar-refractivity contribution in [1.29, 1.82) is 0 Å². The second-order valence-electron chi connectivity index (χ2n) is 4.68. The van der Waals surface area contributed by atoms with Crippen LogP contribution < -0.4 is 5.32 Å². The Balaban J connectivity index is 2.36. The zero-order valence-corrected chi connectivity index (χ0v) is 12.3. The summed E-state index contributed by atoms with van der Waals surface area (Å²) in [7, 11) is -2.83. The normalized spacial score (nSPS) is 13.5. The SMILES string of the molecule is CCS(=O)(=O)CCCN[C@H](C)c1cccc(C)c1. The van der Waals surface area contributed by atoms with E-state index in [0.717, 1.165) is 6.54 Å². The molecule has 0 saturated heterocycles. The smallest absolute Gasteiger partial charge is 0.150 e. The molecule has 4 heteroatoms. The summed E-state index contributed by atoms with van der Waals surface area (Å²) >= 11 is 0. The maximum Gasteiger partial charge on any atom is 0.150 e. The molecule has 1 atom stereocenters. The third kappa shape index (κ3) is 5.19. The Hall–Kier alpha value is -0.870. The molecule has 1 rings (SSSR count). The Bertz CT molecular complexity index is 468. The van der Waals surface area contributed by atoms with E-state index in [1.807, 2.05) is 6.07 Å². The highest BCUT2D eigenvalue weighted by Crippen LogP contribution is 2.13. The fraction of sp³-hybridized carbons (Fsp3) is 0.571. The van der Waals surface area contributed by atoms with Crippen molar-refractivity contribution in [3.63, 3.8) is 0 Å². The molecule has 0 spiro atoms. The second-order valence-corrected chi connectivity index (χ2v) is 7.15. The van der Waals surface area contributed by atoms with Crippen molar-refractivity contribution in [3.8, 4) is 0 Å². The first-order chi connectivity index (χ1) is 8.44. The van der Waals surface area contributed by atoms with Crippen LogP contribution >= 0.6 is 0 Å². The molecule has 0 amide bonds. The van der Waals surface area contributed by atoms with Crippen LogP contribution in [0.1, 0.15) is 37.4 Å². The number of sulfone groups is 1. The first-order valence-corrected chi connectivity index (χ1v) is 8.27. The third-order valence-corrected chi connectivity index (χ3v) is 4.85. The topological polar surface area (TPSA) is 46.2 Å². The van der Waals surface area contributed by atoms with Gasteiger partial charge in [0.15, 0.2) is 0 Å². The molecule has 0 aromatic heterocycles. The lowest BCUT2D eigenvalue weighted by molar-refractivity contribution is 0.560. The number of nitrogens with one attached hydrogen (secondary N) is 1. The van der Waals surface area contributed by atoms with Crippen LogP contribution in [-0.4, -0.2) is 26.5 Å². The van der Waals surface area contributed by atoms with E-state index in [1.54, 1.807) is 6.92 Å². The highest BCUT2D eigenvalue weighted by molar-refractivity contribution is 7.91. The number of hydrogen-bond donors (Lipinski definition) is 1. The van der Waals surface area contributed by atoms with Gasteiger partial charge in [-0.15, -0.1) is 0 Å². The van der Waals surface area contributed by atoms with E-state index < -0.39 is 9.84 Å². The van der Waals surface area contributed by atoms with E-state index in [-0.39, 0.29) is 17.5 Å². The summed E-state index contributed by atoms with van der Waals surface area (Å²) < 4.78 is 22.7. The molecule has 3 nitrogen and oxygen atoms in total. The van der Waals surface area contributed by atoms with Crippen LogP contribution in [0.15, 0.2) is 24.3 Å². The molecule has 0 aliphatic heterocycles. The van der Waals surface area contributed by atoms with Crippen LogP contribution in [0.2, 0.25) is 0 Å².